The highest BCUT2D eigenvalue weighted by Gasteiger charge is 2.29. The fourth-order valence-electron chi connectivity index (χ4n) is 3.03. The van der Waals surface area contributed by atoms with E-state index < -0.39 is 6.10 Å². The minimum atomic E-state index is -0.630. The summed E-state index contributed by atoms with van der Waals surface area (Å²) in [5.74, 6) is 0.0200. The number of aromatic nitrogens is 1. The van der Waals surface area contributed by atoms with Crippen LogP contribution in [-0.2, 0) is 27.2 Å². The molecule has 0 radical (unpaired) electrons. The first-order valence-electron chi connectivity index (χ1n) is 8.79. The van der Waals surface area contributed by atoms with Crippen LogP contribution in [0.25, 0.3) is 0 Å². The average molecular weight is 388 g/mol. The molecule has 1 fully saturated rings. The maximum absolute atomic E-state index is 12.2. The van der Waals surface area contributed by atoms with E-state index in [2.05, 4.69) is 20.7 Å². The molecular formula is C18H20N4O4S. The van der Waals surface area contributed by atoms with Crippen LogP contribution in [0, 0.1) is 0 Å². The molecule has 2 amide bonds. The number of hydrogen-bond donors (Lipinski definition) is 2. The highest BCUT2D eigenvalue weighted by molar-refractivity contribution is 7.13. The number of ether oxygens (including phenoxy) is 2. The van der Waals surface area contributed by atoms with Gasteiger partial charge in [-0.15, -0.1) is 11.3 Å². The Labute approximate surface area is 160 Å². The van der Waals surface area contributed by atoms with Crippen LogP contribution >= 0.6 is 11.3 Å². The Morgan fingerprint density at radius 2 is 2.04 bits per heavy atom. The molecule has 1 atom stereocenters. The molecule has 1 aromatic carbocycles. The smallest absolute Gasteiger partial charge is 0.279 e. The van der Waals surface area contributed by atoms with Crippen LogP contribution in [0.4, 0.5) is 5.13 Å². The standard InChI is InChI=1S/C18H20N4O4S/c23-16(10-13-11-27-18(19-13)22-5-7-25-8-6-22)20-21-17(24)15-9-12-3-1-2-4-14(12)26-15/h1-4,11,15H,5-10H2,(H,20,23)(H,21,24)/t15-/m0/s1. The molecular weight excluding hydrogens is 368 g/mol. The normalized spacial score (nSPS) is 18.5. The fourth-order valence-corrected chi connectivity index (χ4v) is 3.91. The highest BCUT2D eigenvalue weighted by atomic mass is 32.1. The van der Waals surface area contributed by atoms with Gasteiger partial charge in [-0.3, -0.25) is 20.4 Å². The van der Waals surface area contributed by atoms with Crippen LogP contribution in [0.5, 0.6) is 5.75 Å². The monoisotopic (exact) mass is 388 g/mol. The van der Waals surface area contributed by atoms with E-state index in [4.69, 9.17) is 9.47 Å². The highest BCUT2D eigenvalue weighted by Crippen LogP contribution is 2.28. The van der Waals surface area contributed by atoms with Gasteiger partial charge >= 0.3 is 0 Å². The van der Waals surface area contributed by atoms with E-state index in [1.807, 2.05) is 29.6 Å². The molecule has 0 aliphatic carbocycles. The minimum absolute atomic E-state index is 0.104. The second kappa shape index (κ2) is 7.93. The van der Waals surface area contributed by atoms with E-state index in [1.54, 1.807) is 0 Å². The summed E-state index contributed by atoms with van der Waals surface area (Å²) in [4.78, 5) is 30.9. The van der Waals surface area contributed by atoms with Crippen LogP contribution < -0.4 is 20.5 Å². The van der Waals surface area contributed by atoms with Crippen LogP contribution in [0.15, 0.2) is 29.6 Å². The molecule has 0 spiro atoms. The predicted octanol–water partition coefficient (Wildman–Crippen LogP) is 0.673. The zero-order valence-corrected chi connectivity index (χ0v) is 15.5. The number of benzene rings is 1. The second-order valence-electron chi connectivity index (χ2n) is 6.35. The lowest BCUT2D eigenvalue weighted by atomic mass is 10.1. The maximum atomic E-state index is 12.2. The van der Waals surface area contributed by atoms with Crippen molar-refractivity contribution in [2.75, 3.05) is 31.2 Å². The Balaban J connectivity index is 1.24. The first kappa shape index (κ1) is 17.7. The second-order valence-corrected chi connectivity index (χ2v) is 7.19. The molecule has 8 nitrogen and oxygen atoms in total. The van der Waals surface area contributed by atoms with Crippen molar-refractivity contribution in [2.24, 2.45) is 0 Å². The summed E-state index contributed by atoms with van der Waals surface area (Å²) in [5.41, 5.74) is 6.54. The lowest BCUT2D eigenvalue weighted by Gasteiger charge is -2.26. The predicted molar refractivity (Wildman–Crippen MR) is 99.7 cm³/mol. The zero-order chi connectivity index (χ0) is 18.6. The third-order valence-corrected chi connectivity index (χ3v) is 5.38. The molecule has 2 N–H and O–H groups in total. The molecule has 0 bridgehead atoms. The van der Waals surface area contributed by atoms with Gasteiger partial charge in [-0.1, -0.05) is 18.2 Å². The summed E-state index contributed by atoms with van der Waals surface area (Å²) < 4.78 is 10.9. The quantitative estimate of drug-likeness (QED) is 0.748. The molecule has 1 saturated heterocycles. The van der Waals surface area contributed by atoms with Gasteiger partial charge in [-0.25, -0.2) is 4.98 Å². The lowest BCUT2D eigenvalue weighted by Crippen LogP contribution is -2.48. The molecule has 27 heavy (non-hydrogen) atoms. The number of para-hydroxylation sites is 1. The Morgan fingerprint density at radius 1 is 1.22 bits per heavy atom. The Bertz CT molecular complexity index is 809. The van der Waals surface area contributed by atoms with Gasteiger partial charge in [0.15, 0.2) is 11.2 Å². The first-order valence-corrected chi connectivity index (χ1v) is 9.67. The largest absolute Gasteiger partial charge is 0.480 e. The van der Waals surface area contributed by atoms with Gasteiger partial charge in [-0.2, -0.15) is 0 Å². The molecule has 0 saturated carbocycles. The van der Waals surface area contributed by atoms with Gasteiger partial charge in [0, 0.05) is 24.9 Å². The number of nitrogens with one attached hydrogen (secondary N) is 2. The number of hydrogen-bond acceptors (Lipinski definition) is 7. The number of anilines is 1. The Kier molecular flexibility index (Phi) is 5.21. The van der Waals surface area contributed by atoms with Crippen molar-refractivity contribution in [2.45, 2.75) is 18.9 Å². The SMILES string of the molecule is O=C(Cc1csc(N2CCOCC2)n1)NNC(=O)[C@@H]1Cc2ccccc2O1. The van der Waals surface area contributed by atoms with Gasteiger partial charge in [-0.05, 0) is 11.6 Å². The van der Waals surface area contributed by atoms with E-state index in [-0.39, 0.29) is 18.2 Å². The first-order chi connectivity index (χ1) is 13.2. The van der Waals surface area contributed by atoms with Crippen LogP contribution in [-0.4, -0.2) is 49.2 Å². The third-order valence-electron chi connectivity index (χ3n) is 4.43. The summed E-state index contributed by atoms with van der Waals surface area (Å²) in [6, 6.07) is 7.52. The molecule has 142 valence electrons. The molecule has 0 unspecified atom stereocenters. The van der Waals surface area contributed by atoms with Gasteiger partial charge in [0.2, 0.25) is 5.91 Å². The van der Waals surface area contributed by atoms with Crippen molar-refractivity contribution >= 4 is 28.3 Å². The maximum Gasteiger partial charge on any atom is 0.279 e. The zero-order valence-electron chi connectivity index (χ0n) is 14.6. The van der Waals surface area contributed by atoms with Crippen LogP contribution in [0.2, 0.25) is 0 Å². The van der Waals surface area contributed by atoms with E-state index in [0.717, 1.165) is 23.8 Å². The van der Waals surface area contributed by atoms with Crippen molar-refractivity contribution in [3.05, 3.63) is 40.9 Å². The summed E-state index contributed by atoms with van der Waals surface area (Å²) in [6.45, 7) is 2.99. The average Bonchev–Trinajstić information content (AvgIpc) is 3.33. The molecule has 9 heteroatoms. The molecule has 4 rings (SSSR count). The van der Waals surface area contributed by atoms with Gasteiger partial charge in [0.05, 0.1) is 25.3 Å². The van der Waals surface area contributed by atoms with Crippen molar-refractivity contribution in [1.82, 2.24) is 15.8 Å². The number of hydrazine groups is 1. The molecule has 2 aliphatic heterocycles. The van der Waals surface area contributed by atoms with Gasteiger partial charge in [0.25, 0.3) is 5.91 Å². The van der Waals surface area contributed by atoms with Crippen LogP contribution in [0.1, 0.15) is 11.3 Å². The van der Waals surface area contributed by atoms with Gasteiger partial charge < -0.3 is 14.4 Å². The number of thiazole rings is 1. The van der Waals surface area contributed by atoms with E-state index in [9.17, 15) is 9.59 Å². The number of rotatable bonds is 4. The minimum Gasteiger partial charge on any atom is -0.480 e. The van der Waals surface area contributed by atoms with Crippen molar-refractivity contribution in [3.8, 4) is 5.75 Å². The third kappa shape index (κ3) is 4.20. The van der Waals surface area contributed by atoms with Gasteiger partial charge in [0.1, 0.15) is 5.75 Å². The van der Waals surface area contributed by atoms with Crippen molar-refractivity contribution in [1.29, 1.82) is 0 Å². The summed E-state index contributed by atoms with van der Waals surface area (Å²) >= 11 is 1.51. The number of morpholine rings is 1. The summed E-state index contributed by atoms with van der Waals surface area (Å²) in [5, 5.41) is 2.75. The van der Waals surface area contributed by atoms with Crippen molar-refractivity contribution < 1.29 is 19.1 Å². The number of amides is 2. The molecule has 1 aromatic heterocycles. The topological polar surface area (TPSA) is 92.8 Å². The summed E-state index contributed by atoms with van der Waals surface area (Å²) in [6.07, 6.45) is -0.0328. The molecule has 2 aliphatic rings. The van der Waals surface area contributed by atoms with Crippen molar-refractivity contribution in [3.63, 3.8) is 0 Å². The number of fused-ring (bicyclic) bond motifs is 1. The Hall–Kier alpha value is -2.65. The number of carbonyl (C=O) groups excluding carboxylic acids is 2. The van der Waals surface area contributed by atoms with E-state index >= 15 is 0 Å². The van der Waals surface area contributed by atoms with Crippen LogP contribution in [0.3, 0.4) is 0 Å². The van der Waals surface area contributed by atoms with E-state index in [1.165, 1.54) is 11.3 Å². The molecule has 2 aromatic rings. The van der Waals surface area contributed by atoms with E-state index in [0.29, 0.717) is 31.1 Å². The molecule has 3 heterocycles. The number of carbonyl (C=O) groups is 2. The summed E-state index contributed by atoms with van der Waals surface area (Å²) in [7, 11) is 0. The lowest BCUT2D eigenvalue weighted by molar-refractivity contribution is -0.132. The fraction of sp³-hybridized carbons (Fsp3) is 0.389. The Morgan fingerprint density at radius 3 is 2.85 bits per heavy atom. The number of nitrogens with zero attached hydrogens (tertiary/aromatic N) is 2.